The van der Waals surface area contributed by atoms with Crippen LogP contribution in [0.2, 0.25) is 0 Å². The maximum absolute atomic E-state index is 11.3. The van der Waals surface area contributed by atoms with E-state index in [1.54, 1.807) is 12.1 Å². The molecular weight excluding hydrogens is 268 g/mol. The Morgan fingerprint density at radius 1 is 1.14 bits per heavy atom. The number of carboxylic acid groups (broad SMARTS) is 1. The van der Waals surface area contributed by atoms with Crippen LogP contribution in [0.15, 0.2) is 36.4 Å². The minimum atomic E-state index is -1.04. The third-order valence-corrected chi connectivity index (χ3v) is 3.09. The zero-order valence-corrected chi connectivity index (χ0v) is 12.3. The highest BCUT2D eigenvalue weighted by molar-refractivity contribution is 5.92. The number of benzene rings is 2. The van der Waals surface area contributed by atoms with Crippen LogP contribution in [-0.2, 0) is 6.61 Å². The molecule has 21 heavy (non-hydrogen) atoms. The van der Waals surface area contributed by atoms with Gasteiger partial charge in [-0.05, 0) is 31.5 Å². The predicted octanol–water partition coefficient (Wildman–Crippen LogP) is 3.59. The summed E-state index contributed by atoms with van der Waals surface area (Å²) in [4.78, 5) is 11.3. The van der Waals surface area contributed by atoms with Gasteiger partial charge in [-0.2, -0.15) is 0 Å². The number of rotatable bonds is 5. The molecule has 2 rings (SSSR count). The summed E-state index contributed by atoms with van der Waals surface area (Å²) in [5.41, 5.74) is 3.38. The van der Waals surface area contributed by atoms with Gasteiger partial charge < -0.3 is 14.6 Å². The van der Waals surface area contributed by atoms with Crippen LogP contribution in [-0.4, -0.2) is 18.2 Å². The number of methoxy groups -OCH3 is 1. The molecule has 0 fully saturated rings. The second-order valence-corrected chi connectivity index (χ2v) is 4.93. The largest absolute Gasteiger partial charge is 0.493 e. The summed E-state index contributed by atoms with van der Waals surface area (Å²) in [6.45, 7) is 4.33. The molecule has 0 atom stereocenters. The SMILES string of the molecule is COc1cccc(C(=O)O)c1OCc1cc(C)cc(C)c1. The van der Waals surface area contributed by atoms with Crippen molar-refractivity contribution < 1.29 is 19.4 Å². The van der Waals surface area contributed by atoms with Gasteiger partial charge in [-0.15, -0.1) is 0 Å². The summed E-state index contributed by atoms with van der Waals surface area (Å²) < 4.78 is 10.9. The third kappa shape index (κ3) is 3.54. The Morgan fingerprint density at radius 2 is 1.81 bits per heavy atom. The van der Waals surface area contributed by atoms with Crippen molar-refractivity contribution in [2.45, 2.75) is 20.5 Å². The summed E-state index contributed by atoms with van der Waals surface area (Å²) in [7, 11) is 1.49. The molecule has 0 aliphatic heterocycles. The van der Waals surface area contributed by atoms with Crippen molar-refractivity contribution in [3.8, 4) is 11.5 Å². The molecule has 0 radical (unpaired) electrons. The molecule has 110 valence electrons. The Labute approximate surface area is 123 Å². The quantitative estimate of drug-likeness (QED) is 0.912. The van der Waals surface area contributed by atoms with Crippen LogP contribution in [0.4, 0.5) is 0 Å². The van der Waals surface area contributed by atoms with Crippen LogP contribution in [0.5, 0.6) is 11.5 Å². The molecule has 4 nitrogen and oxygen atoms in total. The first kappa shape index (κ1) is 14.9. The van der Waals surface area contributed by atoms with Gasteiger partial charge >= 0.3 is 5.97 Å². The highest BCUT2D eigenvalue weighted by atomic mass is 16.5. The van der Waals surface area contributed by atoms with Gasteiger partial charge in [0.1, 0.15) is 12.2 Å². The van der Waals surface area contributed by atoms with Crippen molar-refractivity contribution in [1.29, 1.82) is 0 Å². The van der Waals surface area contributed by atoms with Crippen LogP contribution in [0.1, 0.15) is 27.0 Å². The number of aromatic carboxylic acids is 1. The topological polar surface area (TPSA) is 55.8 Å². The summed E-state index contributed by atoms with van der Waals surface area (Å²) in [6, 6.07) is 10.9. The number of hydrogen-bond acceptors (Lipinski definition) is 3. The van der Waals surface area contributed by atoms with E-state index >= 15 is 0 Å². The fourth-order valence-electron chi connectivity index (χ4n) is 2.30. The van der Waals surface area contributed by atoms with Crippen molar-refractivity contribution in [2.75, 3.05) is 7.11 Å². The average molecular weight is 286 g/mol. The van der Waals surface area contributed by atoms with Gasteiger partial charge in [0.2, 0.25) is 0 Å². The number of hydrogen-bond donors (Lipinski definition) is 1. The van der Waals surface area contributed by atoms with E-state index in [0.717, 1.165) is 16.7 Å². The summed E-state index contributed by atoms with van der Waals surface area (Å²) in [5.74, 6) is -0.366. The Bertz CT molecular complexity index is 642. The van der Waals surface area contributed by atoms with E-state index in [9.17, 15) is 9.90 Å². The molecule has 0 unspecified atom stereocenters. The van der Waals surface area contributed by atoms with Crippen LogP contribution in [0.25, 0.3) is 0 Å². The van der Waals surface area contributed by atoms with Crippen LogP contribution < -0.4 is 9.47 Å². The number of para-hydroxylation sites is 1. The molecule has 0 heterocycles. The molecule has 4 heteroatoms. The predicted molar refractivity (Wildman–Crippen MR) is 80.2 cm³/mol. The molecule has 0 saturated carbocycles. The molecule has 0 saturated heterocycles. The van der Waals surface area contributed by atoms with Gasteiger partial charge in [-0.25, -0.2) is 4.79 Å². The fraction of sp³-hybridized carbons (Fsp3) is 0.235. The highest BCUT2D eigenvalue weighted by Gasteiger charge is 2.16. The Hall–Kier alpha value is -2.49. The van der Waals surface area contributed by atoms with E-state index in [-0.39, 0.29) is 11.3 Å². The van der Waals surface area contributed by atoms with Crippen LogP contribution in [0, 0.1) is 13.8 Å². The van der Waals surface area contributed by atoms with E-state index < -0.39 is 5.97 Å². The summed E-state index contributed by atoms with van der Waals surface area (Å²) in [5, 5.41) is 9.24. The van der Waals surface area contributed by atoms with Gasteiger partial charge in [0.05, 0.1) is 7.11 Å². The standard InChI is InChI=1S/C17H18O4/c1-11-7-12(2)9-13(8-11)10-21-16-14(17(18)19)5-4-6-15(16)20-3/h4-9H,10H2,1-3H3,(H,18,19). The molecule has 0 aliphatic rings. The van der Waals surface area contributed by atoms with E-state index in [2.05, 4.69) is 6.07 Å². The summed E-state index contributed by atoms with van der Waals surface area (Å²) in [6.07, 6.45) is 0. The van der Waals surface area contributed by atoms with Crippen molar-refractivity contribution in [3.63, 3.8) is 0 Å². The van der Waals surface area contributed by atoms with Gasteiger partial charge in [0, 0.05) is 0 Å². The maximum Gasteiger partial charge on any atom is 0.339 e. The minimum Gasteiger partial charge on any atom is -0.493 e. The maximum atomic E-state index is 11.3. The second kappa shape index (κ2) is 6.31. The lowest BCUT2D eigenvalue weighted by Gasteiger charge is -2.13. The molecular formula is C17H18O4. The average Bonchev–Trinajstić information content (AvgIpc) is 2.43. The molecule has 0 bridgehead atoms. The van der Waals surface area contributed by atoms with Gasteiger partial charge in [0.25, 0.3) is 0 Å². The van der Waals surface area contributed by atoms with Crippen molar-refractivity contribution in [3.05, 3.63) is 58.7 Å². The van der Waals surface area contributed by atoms with Crippen LogP contribution >= 0.6 is 0 Å². The van der Waals surface area contributed by atoms with Gasteiger partial charge in [0.15, 0.2) is 11.5 Å². The smallest absolute Gasteiger partial charge is 0.339 e. The van der Waals surface area contributed by atoms with Crippen molar-refractivity contribution in [2.24, 2.45) is 0 Å². The summed E-state index contributed by atoms with van der Waals surface area (Å²) >= 11 is 0. The molecule has 0 aromatic heterocycles. The van der Waals surface area contributed by atoms with E-state index in [0.29, 0.717) is 12.4 Å². The first-order valence-corrected chi connectivity index (χ1v) is 6.61. The molecule has 0 aliphatic carbocycles. The third-order valence-electron chi connectivity index (χ3n) is 3.09. The lowest BCUT2D eigenvalue weighted by Crippen LogP contribution is -2.05. The Balaban J connectivity index is 2.28. The van der Waals surface area contributed by atoms with E-state index in [1.165, 1.54) is 13.2 Å². The normalized spacial score (nSPS) is 10.2. The lowest BCUT2D eigenvalue weighted by atomic mass is 10.1. The number of carboxylic acids is 1. The van der Waals surface area contributed by atoms with E-state index in [1.807, 2.05) is 26.0 Å². The number of carbonyl (C=O) groups is 1. The first-order chi connectivity index (χ1) is 10.0. The Morgan fingerprint density at radius 3 is 2.38 bits per heavy atom. The molecule has 1 N–H and O–H groups in total. The number of aryl methyl sites for hydroxylation is 2. The van der Waals surface area contributed by atoms with E-state index in [4.69, 9.17) is 9.47 Å². The minimum absolute atomic E-state index is 0.0960. The second-order valence-electron chi connectivity index (χ2n) is 4.93. The highest BCUT2D eigenvalue weighted by Crippen LogP contribution is 2.31. The zero-order chi connectivity index (χ0) is 15.4. The molecule has 0 amide bonds. The zero-order valence-electron chi connectivity index (χ0n) is 12.3. The van der Waals surface area contributed by atoms with Crippen molar-refractivity contribution in [1.82, 2.24) is 0 Å². The Kier molecular flexibility index (Phi) is 4.48. The molecule has 2 aromatic carbocycles. The van der Waals surface area contributed by atoms with Gasteiger partial charge in [-0.1, -0.05) is 35.4 Å². The van der Waals surface area contributed by atoms with Crippen molar-refractivity contribution >= 4 is 5.97 Å². The fourth-order valence-corrected chi connectivity index (χ4v) is 2.30. The molecule has 2 aromatic rings. The monoisotopic (exact) mass is 286 g/mol. The van der Waals surface area contributed by atoms with Gasteiger partial charge in [-0.3, -0.25) is 0 Å². The molecule has 0 spiro atoms. The van der Waals surface area contributed by atoms with Crippen LogP contribution in [0.3, 0.4) is 0 Å². The number of ether oxygens (including phenoxy) is 2. The lowest BCUT2D eigenvalue weighted by molar-refractivity contribution is 0.0691. The first-order valence-electron chi connectivity index (χ1n) is 6.61.